The van der Waals surface area contributed by atoms with Gasteiger partial charge in [-0.3, -0.25) is 9.79 Å². The lowest BCUT2D eigenvalue weighted by molar-refractivity contribution is 0.0986. The van der Waals surface area contributed by atoms with Gasteiger partial charge in [0.25, 0.3) is 5.91 Å². The lowest BCUT2D eigenvalue weighted by Crippen LogP contribution is -2.39. The highest BCUT2D eigenvalue weighted by atomic mass is 19.1. The Morgan fingerprint density at radius 2 is 2.13 bits per heavy atom. The minimum atomic E-state index is -0.399. The number of allylic oxidation sites excluding steroid dienone is 1. The van der Waals surface area contributed by atoms with Crippen molar-refractivity contribution in [3.63, 3.8) is 0 Å². The van der Waals surface area contributed by atoms with E-state index in [2.05, 4.69) is 11.1 Å². The summed E-state index contributed by atoms with van der Waals surface area (Å²) < 4.78 is 13.5. The van der Waals surface area contributed by atoms with E-state index < -0.39 is 5.82 Å². The van der Waals surface area contributed by atoms with Crippen LogP contribution in [-0.4, -0.2) is 12.5 Å². The molecule has 4 rings (SSSR count). The number of fused-ring (bicyclic) bond motifs is 3. The van der Waals surface area contributed by atoms with Crippen LogP contribution in [0.2, 0.25) is 0 Å². The Kier molecular flexibility index (Phi) is 3.11. The number of carbonyl (C=O) groups is 1. The van der Waals surface area contributed by atoms with E-state index in [1.165, 1.54) is 12.1 Å². The summed E-state index contributed by atoms with van der Waals surface area (Å²) in [6, 6.07) is 9.82. The predicted molar refractivity (Wildman–Crippen MR) is 88.0 cm³/mol. The smallest absolute Gasteiger partial charge is 0.258 e. The van der Waals surface area contributed by atoms with Crippen molar-refractivity contribution in [2.24, 2.45) is 4.99 Å². The van der Waals surface area contributed by atoms with Crippen LogP contribution in [0.25, 0.3) is 12.2 Å². The molecule has 2 aliphatic rings. The molecule has 4 heteroatoms. The van der Waals surface area contributed by atoms with Crippen molar-refractivity contribution in [2.45, 2.75) is 13.3 Å². The Hall–Kier alpha value is -2.75. The molecule has 0 bridgehead atoms. The van der Waals surface area contributed by atoms with Gasteiger partial charge in [-0.1, -0.05) is 18.2 Å². The zero-order chi connectivity index (χ0) is 16.0. The van der Waals surface area contributed by atoms with Gasteiger partial charge in [0.15, 0.2) is 0 Å². The first-order valence-electron chi connectivity index (χ1n) is 7.61. The molecule has 0 fully saturated rings. The molecular weight excluding hydrogens is 291 g/mol. The quantitative estimate of drug-likeness (QED) is 0.797. The van der Waals surface area contributed by atoms with Crippen LogP contribution in [0, 0.1) is 5.82 Å². The first-order valence-corrected chi connectivity index (χ1v) is 7.61. The maximum atomic E-state index is 13.5. The summed E-state index contributed by atoms with van der Waals surface area (Å²) in [7, 11) is 0. The van der Waals surface area contributed by atoms with Crippen LogP contribution >= 0.6 is 0 Å². The minimum absolute atomic E-state index is 0.176. The fraction of sp³-hybridized carbons (Fsp3) is 0.158. The third-order valence-electron chi connectivity index (χ3n) is 4.18. The van der Waals surface area contributed by atoms with Crippen molar-refractivity contribution in [1.82, 2.24) is 0 Å². The van der Waals surface area contributed by atoms with Gasteiger partial charge in [0.2, 0.25) is 0 Å². The zero-order valence-corrected chi connectivity index (χ0v) is 12.7. The van der Waals surface area contributed by atoms with E-state index in [4.69, 9.17) is 0 Å². The second-order valence-corrected chi connectivity index (χ2v) is 5.79. The highest BCUT2D eigenvalue weighted by Gasteiger charge is 2.24. The van der Waals surface area contributed by atoms with Gasteiger partial charge in [-0.25, -0.2) is 4.39 Å². The molecule has 0 N–H and O–H groups in total. The fourth-order valence-corrected chi connectivity index (χ4v) is 3.19. The largest absolute Gasteiger partial charge is 0.307 e. The van der Waals surface area contributed by atoms with Crippen LogP contribution in [0.15, 0.2) is 47.1 Å². The molecule has 0 saturated carbocycles. The maximum Gasteiger partial charge on any atom is 0.258 e. The Labute approximate surface area is 133 Å². The normalized spacial score (nSPS) is 15.2. The molecule has 0 aromatic heterocycles. The third-order valence-corrected chi connectivity index (χ3v) is 4.18. The number of rotatable bonds is 1. The van der Waals surface area contributed by atoms with E-state index in [1.54, 1.807) is 17.0 Å². The third kappa shape index (κ3) is 2.27. The Morgan fingerprint density at radius 1 is 1.26 bits per heavy atom. The van der Waals surface area contributed by atoms with Gasteiger partial charge in [-0.15, -0.1) is 0 Å². The van der Waals surface area contributed by atoms with Crippen molar-refractivity contribution >= 4 is 23.7 Å². The number of carbonyl (C=O) groups excluding carboxylic acids is 1. The molecular formula is C19H15FN2O. The van der Waals surface area contributed by atoms with Crippen molar-refractivity contribution in [2.75, 3.05) is 11.4 Å². The molecule has 114 valence electrons. The van der Waals surface area contributed by atoms with E-state index in [0.29, 0.717) is 12.1 Å². The number of nitrogens with zero attached hydrogens (tertiary/aromatic N) is 2. The Bertz CT molecular complexity index is 975. The lowest BCUT2D eigenvalue weighted by Gasteiger charge is -2.27. The van der Waals surface area contributed by atoms with Gasteiger partial charge < -0.3 is 4.90 Å². The summed E-state index contributed by atoms with van der Waals surface area (Å²) in [4.78, 5) is 19.1. The van der Waals surface area contributed by atoms with Gasteiger partial charge in [0.1, 0.15) is 5.82 Å². The number of hydrogen-bond donors (Lipinski definition) is 0. The maximum absolute atomic E-state index is 13.5. The molecule has 1 amide bonds. The van der Waals surface area contributed by atoms with Crippen LogP contribution in [-0.2, 0) is 0 Å². The highest BCUT2D eigenvalue weighted by Crippen LogP contribution is 2.24. The van der Waals surface area contributed by atoms with Gasteiger partial charge in [0, 0.05) is 23.4 Å². The van der Waals surface area contributed by atoms with Gasteiger partial charge in [0.05, 0.1) is 11.0 Å². The zero-order valence-electron chi connectivity index (χ0n) is 12.7. The van der Waals surface area contributed by atoms with E-state index in [-0.39, 0.29) is 5.91 Å². The number of anilines is 1. The molecule has 0 aliphatic carbocycles. The molecule has 0 saturated heterocycles. The Balaban J connectivity index is 1.88. The van der Waals surface area contributed by atoms with Gasteiger partial charge >= 0.3 is 0 Å². The molecule has 2 aromatic rings. The van der Waals surface area contributed by atoms with Crippen molar-refractivity contribution in [1.29, 1.82) is 0 Å². The molecule has 2 aromatic carbocycles. The summed E-state index contributed by atoms with van der Waals surface area (Å²) in [6.45, 7) is 2.53. The molecule has 0 spiro atoms. The minimum Gasteiger partial charge on any atom is -0.307 e. The first-order chi connectivity index (χ1) is 11.1. The van der Waals surface area contributed by atoms with Crippen molar-refractivity contribution < 1.29 is 9.18 Å². The van der Waals surface area contributed by atoms with Crippen molar-refractivity contribution in [3.8, 4) is 0 Å². The van der Waals surface area contributed by atoms with E-state index >= 15 is 0 Å². The summed E-state index contributed by atoms with van der Waals surface area (Å²) in [5, 5.41) is 1.91. The SMILES string of the molecule is CC1=Cc2c3c(ccc2=N1)=CCCN3C(=O)c1cccc(F)c1. The van der Waals surface area contributed by atoms with Crippen LogP contribution in [0.4, 0.5) is 10.1 Å². The predicted octanol–water partition coefficient (Wildman–Crippen LogP) is 2.65. The molecule has 2 aliphatic heterocycles. The molecule has 0 atom stereocenters. The second-order valence-electron chi connectivity index (χ2n) is 5.79. The summed E-state index contributed by atoms with van der Waals surface area (Å²) in [5.74, 6) is -0.575. The lowest BCUT2D eigenvalue weighted by atomic mass is 10.0. The molecule has 0 radical (unpaired) electrons. The molecule has 3 nitrogen and oxygen atoms in total. The average Bonchev–Trinajstić information content (AvgIpc) is 2.94. The standard InChI is InChI=1S/C19H15FN2O/c1-12-10-16-17(21-12)8-7-13-5-3-9-22(18(13)16)19(23)14-4-2-6-15(20)11-14/h2,4-8,10-11H,3,9H2,1H3. The van der Waals surface area contributed by atoms with Crippen LogP contribution < -0.4 is 15.5 Å². The van der Waals surface area contributed by atoms with E-state index in [0.717, 1.165) is 33.9 Å². The Morgan fingerprint density at radius 3 is 2.96 bits per heavy atom. The monoisotopic (exact) mass is 306 g/mol. The van der Waals surface area contributed by atoms with Gasteiger partial charge in [-0.05, 0) is 48.9 Å². The van der Waals surface area contributed by atoms with Crippen LogP contribution in [0.1, 0.15) is 29.3 Å². The number of hydrogen-bond acceptors (Lipinski definition) is 2. The van der Waals surface area contributed by atoms with Crippen LogP contribution in [0.5, 0.6) is 0 Å². The molecule has 23 heavy (non-hydrogen) atoms. The number of benzene rings is 2. The van der Waals surface area contributed by atoms with E-state index in [9.17, 15) is 9.18 Å². The first kappa shape index (κ1) is 13.9. The van der Waals surface area contributed by atoms with Crippen molar-refractivity contribution in [3.05, 3.63) is 69.6 Å². The van der Waals surface area contributed by atoms with Gasteiger partial charge in [-0.2, -0.15) is 0 Å². The topological polar surface area (TPSA) is 32.7 Å². The fourth-order valence-electron chi connectivity index (χ4n) is 3.19. The summed E-state index contributed by atoms with van der Waals surface area (Å²) >= 11 is 0. The number of amides is 1. The molecule has 0 unspecified atom stereocenters. The second kappa shape index (κ2) is 5.16. The highest BCUT2D eigenvalue weighted by molar-refractivity contribution is 6.07. The van der Waals surface area contributed by atoms with Crippen LogP contribution in [0.3, 0.4) is 0 Å². The average molecular weight is 306 g/mol. The van der Waals surface area contributed by atoms with E-state index in [1.807, 2.05) is 25.1 Å². The summed E-state index contributed by atoms with van der Waals surface area (Å²) in [6.07, 6.45) is 4.92. The number of halogens is 1. The molecule has 2 heterocycles. The summed E-state index contributed by atoms with van der Waals surface area (Å²) in [5.41, 5.74) is 3.15.